The number of nitrogens with two attached hydrogens (primary N) is 1. The van der Waals surface area contributed by atoms with Crippen molar-refractivity contribution in [3.63, 3.8) is 0 Å². The number of methoxy groups -OCH3 is 1. The lowest BCUT2D eigenvalue weighted by atomic mass is 9.93. The van der Waals surface area contributed by atoms with Crippen LogP contribution < -0.4 is 5.73 Å². The van der Waals surface area contributed by atoms with Crippen molar-refractivity contribution >= 4 is 17.6 Å². The van der Waals surface area contributed by atoms with Crippen LogP contribution in [0.15, 0.2) is 18.2 Å². The van der Waals surface area contributed by atoms with Crippen LogP contribution in [-0.4, -0.2) is 13.1 Å². The highest BCUT2D eigenvalue weighted by atomic mass is 35.5. The normalized spacial score (nSPS) is 14.5. The number of rotatable bonds is 2. The Hall–Kier alpha value is -1.13. The average molecular weight is 232 g/mol. The molecular formula is C10H11ClFNO2. The molecule has 0 radical (unpaired) electrons. The zero-order valence-corrected chi connectivity index (χ0v) is 9.14. The molecule has 2 N–H and O–H groups in total. The van der Waals surface area contributed by atoms with Gasteiger partial charge in [-0.05, 0) is 24.6 Å². The Bertz CT molecular complexity index is 393. The molecule has 1 aromatic carbocycles. The van der Waals surface area contributed by atoms with E-state index in [-0.39, 0.29) is 5.02 Å². The maximum absolute atomic E-state index is 12.9. The van der Waals surface area contributed by atoms with Gasteiger partial charge >= 0.3 is 5.97 Å². The summed E-state index contributed by atoms with van der Waals surface area (Å²) in [7, 11) is 1.23. The molecule has 0 aliphatic rings. The number of ether oxygens (including phenoxy) is 1. The number of carbonyl (C=O) groups excluding carboxylic acids is 1. The van der Waals surface area contributed by atoms with E-state index < -0.39 is 17.3 Å². The van der Waals surface area contributed by atoms with Gasteiger partial charge in [-0.25, -0.2) is 9.18 Å². The maximum atomic E-state index is 12.9. The van der Waals surface area contributed by atoms with Crippen LogP contribution in [0.2, 0.25) is 5.02 Å². The molecule has 0 saturated heterocycles. The Balaban J connectivity index is 3.16. The molecule has 1 atom stereocenters. The van der Waals surface area contributed by atoms with Crippen molar-refractivity contribution in [3.8, 4) is 0 Å². The van der Waals surface area contributed by atoms with Crippen LogP contribution in [-0.2, 0) is 15.1 Å². The van der Waals surface area contributed by atoms with Gasteiger partial charge in [-0.15, -0.1) is 0 Å². The number of benzene rings is 1. The molecule has 0 heterocycles. The van der Waals surface area contributed by atoms with Crippen molar-refractivity contribution in [2.75, 3.05) is 7.11 Å². The summed E-state index contributed by atoms with van der Waals surface area (Å²) in [5.41, 5.74) is 4.83. The average Bonchev–Trinajstić information content (AvgIpc) is 2.20. The van der Waals surface area contributed by atoms with E-state index in [0.29, 0.717) is 5.56 Å². The first-order valence-corrected chi connectivity index (χ1v) is 4.60. The van der Waals surface area contributed by atoms with Crippen LogP contribution in [0.5, 0.6) is 0 Å². The molecule has 0 spiro atoms. The first-order chi connectivity index (χ1) is 6.89. The molecule has 0 amide bonds. The van der Waals surface area contributed by atoms with E-state index >= 15 is 0 Å². The minimum Gasteiger partial charge on any atom is -0.467 e. The number of hydrogen-bond donors (Lipinski definition) is 1. The third-order valence-electron chi connectivity index (χ3n) is 2.13. The summed E-state index contributed by atoms with van der Waals surface area (Å²) in [4.78, 5) is 11.3. The van der Waals surface area contributed by atoms with E-state index in [9.17, 15) is 9.18 Å². The highest BCUT2D eigenvalue weighted by Crippen LogP contribution is 2.24. The minimum atomic E-state index is -1.33. The lowest BCUT2D eigenvalue weighted by molar-refractivity contribution is -0.146. The van der Waals surface area contributed by atoms with Crippen LogP contribution in [0.4, 0.5) is 4.39 Å². The molecule has 82 valence electrons. The molecule has 5 heteroatoms. The second-order valence-corrected chi connectivity index (χ2v) is 3.73. The number of carbonyl (C=O) groups is 1. The Morgan fingerprint density at radius 1 is 1.60 bits per heavy atom. The van der Waals surface area contributed by atoms with Gasteiger partial charge in [-0.2, -0.15) is 0 Å². The Labute approximate surface area is 92.0 Å². The first kappa shape index (κ1) is 11.9. The van der Waals surface area contributed by atoms with Gasteiger partial charge in [0.05, 0.1) is 12.1 Å². The van der Waals surface area contributed by atoms with Gasteiger partial charge in [-0.3, -0.25) is 0 Å². The molecular weight excluding hydrogens is 221 g/mol. The molecule has 0 fully saturated rings. The molecule has 1 rings (SSSR count). The van der Waals surface area contributed by atoms with E-state index in [1.165, 1.54) is 26.2 Å². The van der Waals surface area contributed by atoms with Crippen LogP contribution in [0, 0.1) is 5.82 Å². The summed E-state index contributed by atoms with van der Waals surface area (Å²) in [6.45, 7) is 1.47. The van der Waals surface area contributed by atoms with Crippen molar-refractivity contribution < 1.29 is 13.9 Å². The standard InChI is InChI=1S/C10H11ClFNO2/c1-10(13,9(14)15-2)6-3-4-8(12)7(11)5-6/h3-5H,13H2,1-2H3. The van der Waals surface area contributed by atoms with E-state index in [1.54, 1.807) is 0 Å². The molecule has 0 aromatic heterocycles. The van der Waals surface area contributed by atoms with Crippen molar-refractivity contribution in [3.05, 3.63) is 34.6 Å². The lowest BCUT2D eigenvalue weighted by Crippen LogP contribution is -2.42. The van der Waals surface area contributed by atoms with Gasteiger partial charge in [0.2, 0.25) is 0 Å². The SMILES string of the molecule is COC(=O)C(C)(N)c1ccc(F)c(Cl)c1. The second-order valence-electron chi connectivity index (χ2n) is 3.32. The van der Waals surface area contributed by atoms with E-state index in [4.69, 9.17) is 17.3 Å². The van der Waals surface area contributed by atoms with Crippen molar-refractivity contribution in [1.29, 1.82) is 0 Å². The molecule has 0 saturated carbocycles. The molecule has 15 heavy (non-hydrogen) atoms. The zero-order chi connectivity index (χ0) is 11.6. The highest BCUT2D eigenvalue weighted by molar-refractivity contribution is 6.30. The molecule has 0 bridgehead atoms. The first-order valence-electron chi connectivity index (χ1n) is 4.22. The highest BCUT2D eigenvalue weighted by Gasteiger charge is 2.32. The fourth-order valence-electron chi connectivity index (χ4n) is 1.15. The predicted octanol–water partition coefficient (Wildman–Crippen LogP) is 1.83. The van der Waals surface area contributed by atoms with Crippen molar-refractivity contribution in [2.45, 2.75) is 12.5 Å². The quantitative estimate of drug-likeness (QED) is 0.790. The molecule has 0 aliphatic heterocycles. The summed E-state index contributed by atoms with van der Waals surface area (Å²) in [5.74, 6) is -1.16. The number of hydrogen-bond acceptors (Lipinski definition) is 3. The van der Waals surface area contributed by atoms with Crippen LogP contribution in [0.25, 0.3) is 0 Å². The van der Waals surface area contributed by atoms with Crippen molar-refractivity contribution in [1.82, 2.24) is 0 Å². The van der Waals surface area contributed by atoms with Crippen molar-refractivity contribution in [2.24, 2.45) is 5.73 Å². The van der Waals surface area contributed by atoms with Crippen LogP contribution in [0.1, 0.15) is 12.5 Å². The monoisotopic (exact) mass is 231 g/mol. The fraction of sp³-hybridized carbons (Fsp3) is 0.300. The zero-order valence-electron chi connectivity index (χ0n) is 8.38. The predicted molar refractivity (Wildman–Crippen MR) is 55.0 cm³/mol. The van der Waals surface area contributed by atoms with E-state index in [2.05, 4.69) is 4.74 Å². The third kappa shape index (κ3) is 2.27. The lowest BCUT2D eigenvalue weighted by Gasteiger charge is -2.22. The largest absolute Gasteiger partial charge is 0.467 e. The fourth-order valence-corrected chi connectivity index (χ4v) is 1.33. The summed E-state index contributed by atoms with van der Waals surface area (Å²) in [5, 5.41) is -0.0759. The summed E-state index contributed by atoms with van der Waals surface area (Å²) in [6, 6.07) is 3.87. The summed E-state index contributed by atoms with van der Waals surface area (Å²) in [6.07, 6.45) is 0. The van der Waals surface area contributed by atoms with E-state index in [0.717, 1.165) is 6.07 Å². The molecule has 1 unspecified atom stereocenters. The summed E-state index contributed by atoms with van der Waals surface area (Å²) >= 11 is 5.59. The summed E-state index contributed by atoms with van der Waals surface area (Å²) < 4.78 is 17.4. The maximum Gasteiger partial charge on any atom is 0.330 e. The van der Waals surface area contributed by atoms with Gasteiger partial charge in [0.25, 0.3) is 0 Å². The van der Waals surface area contributed by atoms with Gasteiger partial charge in [0, 0.05) is 0 Å². The van der Waals surface area contributed by atoms with Gasteiger partial charge in [0.15, 0.2) is 0 Å². The molecule has 0 aliphatic carbocycles. The second kappa shape index (κ2) is 4.16. The van der Waals surface area contributed by atoms with E-state index in [1.807, 2.05) is 0 Å². The number of esters is 1. The smallest absolute Gasteiger partial charge is 0.330 e. The minimum absolute atomic E-state index is 0.0759. The Morgan fingerprint density at radius 2 is 2.20 bits per heavy atom. The topological polar surface area (TPSA) is 52.3 Å². The Morgan fingerprint density at radius 3 is 2.67 bits per heavy atom. The van der Waals surface area contributed by atoms with Gasteiger partial charge in [0.1, 0.15) is 11.4 Å². The van der Waals surface area contributed by atoms with Gasteiger partial charge < -0.3 is 10.5 Å². The molecule has 1 aromatic rings. The number of halogens is 2. The Kier molecular flexibility index (Phi) is 3.31. The van der Waals surface area contributed by atoms with Gasteiger partial charge in [-0.1, -0.05) is 17.7 Å². The molecule has 3 nitrogen and oxygen atoms in total. The third-order valence-corrected chi connectivity index (χ3v) is 2.42. The van der Waals surface area contributed by atoms with Crippen LogP contribution >= 0.6 is 11.6 Å². The van der Waals surface area contributed by atoms with Crippen LogP contribution in [0.3, 0.4) is 0 Å².